The minimum Gasteiger partial charge on any atom is -0.338 e. The predicted molar refractivity (Wildman–Crippen MR) is 122 cm³/mol. The third-order valence-electron chi connectivity index (χ3n) is 6.41. The second-order valence-electron chi connectivity index (χ2n) is 10.3. The molecule has 0 radical (unpaired) electrons. The molecule has 1 saturated heterocycles. The van der Waals surface area contributed by atoms with Gasteiger partial charge in [0.1, 0.15) is 0 Å². The van der Waals surface area contributed by atoms with Crippen molar-refractivity contribution in [3.63, 3.8) is 0 Å². The average molecular weight is 424 g/mol. The van der Waals surface area contributed by atoms with Crippen LogP contribution in [0.15, 0.2) is 0 Å². The highest BCUT2D eigenvalue weighted by atomic mass is 16.2. The molecule has 30 heavy (non-hydrogen) atoms. The second-order valence-corrected chi connectivity index (χ2v) is 10.3. The van der Waals surface area contributed by atoms with Crippen LogP contribution >= 0.6 is 0 Å². The summed E-state index contributed by atoms with van der Waals surface area (Å²) in [4.78, 5) is 38.4. The fraction of sp³-hybridized carbons (Fsp3) is 0.875. The van der Waals surface area contributed by atoms with Crippen LogP contribution in [-0.4, -0.2) is 42.4 Å². The molecule has 6 heteroatoms. The smallest absolute Gasteiger partial charge is 0.314 e. The van der Waals surface area contributed by atoms with Crippen LogP contribution in [0.2, 0.25) is 0 Å². The lowest BCUT2D eigenvalue weighted by molar-refractivity contribution is -0.142. The number of nitrogens with zero attached hydrogens (tertiary/aromatic N) is 1. The van der Waals surface area contributed by atoms with Gasteiger partial charge in [-0.3, -0.25) is 14.5 Å². The van der Waals surface area contributed by atoms with E-state index in [9.17, 15) is 14.4 Å². The van der Waals surface area contributed by atoms with Gasteiger partial charge in [0.25, 0.3) is 0 Å². The number of rotatable bonds is 13. The molecule has 1 rings (SSSR count). The van der Waals surface area contributed by atoms with Gasteiger partial charge in [0.05, 0.1) is 5.41 Å². The minimum atomic E-state index is -0.499. The Bertz CT molecular complexity index is 569. The summed E-state index contributed by atoms with van der Waals surface area (Å²) >= 11 is 0. The maximum absolute atomic E-state index is 12.8. The number of carbonyl (C=O) groups is 3. The third-order valence-corrected chi connectivity index (χ3v) is 6.41. The Hall–Kier alpha value is -1.59. The SMILES string of the molecule is CCC1(C(C)C)CC(=O)N(CCCCCCNC(=O)NCCCCC(C)(C)C)C1=O. The summed E-state index contributed by atoms with van der Waals surface area (Å²) in [6, 6.07) is -0.0939. The molecule has 0 aliphatic carbocycles. The van der Waals surface area contributed by atoms with Gasteiger partial charge in [0.2, 0.25) is 11.8 Å². The number of carbonyl (C=O) groups excluding carboxylic acids is 3. The van der Waals surface area contributed by atoms with Crippen molar-refractivity contribution < 1.29 is 14.4 Å². The van der Waals surface area contributed by atoms with E-state index in [4.69, 9.17) is 0 Å². The van der Waals surface area contributed by atoms with Gasteiger partial charge in [0.15, 0.2) is 0 Å². The molecule has 0 spiro atoms. The van der Waals surface area contributed by atoms with Gasteiger partial charge in [-0.1, -0.05) is 60.8 Å². The van der Waals surface area contributed by atoms with Crippen LogP contribution in [0.3, 0.4) is 0 Å². The number of nitrogens with one attached hydrogen (secondary N) is 2. The minimum absolute atomic E-state index is 0.0172. The second kappa shape index (κ2) is 12.3. The summed E-state index contributed by atoms with van der Waals surface area (Å²) in [5.41, 5.74) is -0.147. The number of hydrogen-bond donors (Lipinski definition) is 2. The van der Waals surface area contributed by atoms with E-state index < -0.39 is 5.41 Å². The van der Waals surface area contributed by atoms with Crippen LogP contribution in [0.5, 0.6) is 0 Å². The van der Waals surface area contributed by atoms with Gasteiger partial charge in [-0.15, -0.1) is 0 Å². The van der Waals surface area contributed by atoms with Crippen molar-refractivity contribution in [2.75, 3.05) is 19.6 Å². The van der Waals surface area contributed by atoms with Crippen LogP contribution in [0.25, 0.3) is 0 Å². The van der Waals surface area contributed by atoms with Crippen molar-refractivity contribution in [2.45, 2.75) is 99.3 Å². The van der Waals surface area contributed by atoms with Gasteiger partial charge in [-0.25, -0.2) is 4.79 Å². The van der Waals surface area contributed by atoms with Crippen molar-refractivity contribution in [1.29, 1.82) is 0 Å². The molecule has 0 saturated carbocycles. The maximum atomic E-state index is 12.8. The Morgan fingerprint density at radius 2 is 1.57 bits per heavy atom. The Morgan fingerprint density at radius 1 is 1.00 bits per heavy atom. The van der Waals surface area contributed by atoms with Gasteiger partial charge in [0, 0.05) is 26.1 Å². The molecule has 0 aromatic heterocycles. The highest BCUT2D eigenvalue weighted by molar-refractivity contribution is 6.06. The Morgan fingerprint density at radius 3 is 2.07 bits per heavy atom. The summed E-state index contributed by atoms with van der Waals surface area (Å²) in [5, 5.41) is 5.81. The number of amides is 4. The van der Waals surface area contributed by atoms with Crippen LogP contribution < -0.4 is 10.6 Å². The van der Waals surface area contributed by atoms with E-state index >= 15 is 0 Å². The van der Waals surface area contributed by atoms with E-state index in [1.165, 1.54) is 11.3 Å². The van der Waals surface area contributed by atoms with Crippen LogP contribution in [0.4, 0.5) is 4.79 Å². The van der Waals surface area contributed by atoms with E-state index in [1.807, 2.05) is 20.8 Å². The van der Waals surface area contributed by atoms with Crippen molar-refractivity contribution >= 4 is 17.8 Å². The molecule has 1 aliphatic rings. The zero-order valence-corrected chi connectivity index (χ0v) is 20.2. The summed E-state index contributed by atoms with van der Waals surface area (Å²) < 4.78 is 0. The molecular weight excluding hydrogens is 378 g/mol. The summed E-state index contributed by atoms with van der Waals surface area (Å²) in [6.07, 6.45) is 8.04. The molecule has 1 atom stereocenters. The van der Waals surface area contributed by atoms with Crippen LogP contribution in [0.1, 0.15) is 99.3 Å². The monoisotopic (exact) mass is 423 g/mol. The van der Waals surface area contributed by atoms with Crippen molar-refractivity contribution in [3.05, 3.63) is 0 Å². The molecule has 2 N–H and O–H groups in total. The number of hydrogen-bond acceptors (Lipinski definition) is 3. The molecule has 0 aromatic carbocycles. The molecule has 1 unspecified atom stereocenters. The maximum Gasteiger partial charge on any atom is 0.314 e. The van der Waals surface area contributed by atoms with Crippen LogP contribution in [0, 0.1) is 16.7 Å². The summed E-state index contributed by atoms with van der Waals surface area (Å²) in [6.45, 7) is 14.7. The molecule has 1 fully saturated rings. The number of unbranched alkanes of at least 4 members (excludes halogenated alkanes) is 4. The van der Waals surface area contributed by atoms with Gasteiger partial charge < -0.3 is 10.6 Å². The Balaban J connectivity index is 2.10. The van der Waals surface area contributed by atoms with E-state index in [0.717, 1.165) is 51.5 Å². The fourth-order valence-electron chi connectivity index (χ4n) is 4.18. The lowest BCUT2D eigenvalue weighted by Gasteiger charge is -2.29. The standard InChI is InChI=1S/C24H45N3O3/c1-7-24(19(2)3)18-20(28)27(21(24)29)17-13-9-8-11-15-25-22(30)26-16-12-10-14-23(4,5)6/h19H,7-18H2,1-6H3,(H2,25,26,30). The van der Waals surface area contributed by atoms with E-state index in [1.54, 1.807) is 0 Å². The molecule has 1 heterocycles. The lowest BCUT2D eigenvalue weighted by Crippen LogP contribution is -2.38. The fourth-order valence-corrected chi connectivity index (χ4v) is 4.18. The van der Waals surface area contributed by atoms with Crippen molar-refractivity contribution in [3.8, 4) is 0 Å². The first-order valence-electron chi connectivity index (χ1n) is 11.9. The van der Waals surface area contributed by atoms with E-state index in [0.29, 0.717) is 24.9 Å². The molecule has 6 nitrogen and oxygen atoms in total. The molecule has 1 aliphatic heterocycles. The average Bonchev–Trinajstić information content (AvgIpc) is 2.90. The number of likely N-dealkylation sites (tertiary alicyclic amines) is 1. The van der Waals surface area contributed by atoms with Crippen molar-refractivity contribution in [2.24, 2.45) is 16.7 Å². The predicted octanol–water partition coefficient (Wildman–Crippen LogP) is 4.87. The molecule has 0 aromatic rings. The zero-order chi connectivity index (χ0) is 22.8. The quantitative estimate of drug-likeness (QED) is 0.327. The van der Waals surface area contributed by atoms with Crippen LogP contribution in [-0.2, 0) is 9.59 Å². The summed E-state index contributed by atoms with van der Waals surface area (Å²) in [5.74, 6) is 0.182. The normalized spacial score (nSPS) is 19.6. The number of imide groups is 1. The van der Waals surface area contributed by atoms with E-state index in [-0.39, 0.29) is 23.8 Å². The summed E-state index contributed by atoms with van der Waals surface area (Å²) in [7, 11) is 0. The zero-order valence-electron chi connectivity index (χ0n) is 20.2. The topological polar surface area (TPSA) is 78.5 Å². The molecule has 4 amide bonds. The third kappa shape index (κ3) is 8.27. The van der Waals surface area contributed by atoms with Gasteiger partial charge in [-0.2, -0.15) is 0 Å². The lowest BCUT2D eigenvalue weighted by atomic mass is 9.73. The Kier molecular flexibility index (Phi) is 10.9. The van der Waals surface area contributed by atoms with Crippen molar-refractivity contribution in [1.82, 2.24) is 15.5 Å². The number of urea groups is 1. The first-order chi connectivity index (χ1) is 14.0. The molecular formula is C24H45N3O3. The first-order valence-corrected chi connectivity index (χ1v) is 11.9. The highest BCUT2D eigenvalue weighted by Crippen LogP contribution is 2.42. The Labute approximate surface area is 183 Å². The van der Waals surface area contributed by atoms with Gasteiger partial charge >= 0.3 is 6.03 Å². The highest BCUT2D eigenvalue weighted by Gasteiger charge is 2.51. The molecule has 174 valence electrons. The molecule has 0 bridgehead atoms. The largest absolute Gasteiger partial charge is 0.338 e. The van der Waals surface area contributed by atoms with Gasteiger partial charge in [-0.05, 0) is 43.4 Å². The van der Waals surface area contributed by atoms with E-state index in [2.05, 4.69) is 31.4 Å². The first kappa shape index (κ1) is 26.4.